The van der Waals surface area contributed by atoms with Gasteiger partial charge < -0.3 is 108 Å². The van der Waals surface area contributed by atoms with Crippen LogP contribution in [0, 0.1) is 0 Å². The number of aromatic amines is 2. The molecule has 6 aromatic heterocycles. The van der Waals surface area contributed by atoms with E-state index in [0.29, 0.717) is 5.69 Å². The summed E-state index contributed by atoms with van der Waals surface area (Å²) < 4.78 is 11.3. The zero-order valence-corrected chi connectivity index (χ0v) is 47.6. The second-order valence-corrected chi connectivity index (χ2v) is 17.1. The van der Waals surface area contributed by atoms with Gasteiger partial charge in [0.05, 0.1) is 22.8 Å². The largest absolute Gasteiger partial charge is 2.00 e. The van der Waals surface area contributed by atoms with E-state index in [4.69, 9.17) is 26.2 Å². The Morgan fingerprint density at radius 3 is 1.07 bits per heavy atom. The summed E-state index contributed by atoms with van der Waals surface area (Å²) in [5, 5.41) is 18.8. The molecule has 8 bridgehead atoms. The molecule has 10 rings (SSSR count). The number of aryl methyl sites for hydroxylation is 3. The fourth-order valence-corrected chi connectivity index (χ4v) is 8.65. The summed E-state index contributed by atoms with van der Waals surface area (Å²) in [6.07, 6.45) is 23.0. The molecule has 2 atom stereocenters. The molecule has 1 saturated carbocycles. The average molecular weight is 1470 g/mol. The van der Waals surface area contributed by atoms with Crippen LogP contribution in [-0.2, 0) is 51.8 Å². The molecule has 14 nitrogen and oxygen atoms in total. The Morgan fingerprint density at radius 1 is 0.521 bits per heavy atom. The van der Waals surface area contributed by atoms with Gasteiger partial charge in [-0.05, 0) is 95.8 Å². The van der Waals surface area contributed by atoms with Gasteiger partial charge in [0, 0.05) is 92.8 Å². The maximum Gasteiger partial charge on any atom is 2.00 e. The summed E-state index contributed by atoms with van der Waals surface area (Å²) in [5.41, 5.74) is 24.9. The number of aromatic nitrogens is 7. The minimum absolute atomic E-state index is 0. The number of nitrogens with one attached hydrogen (secondary N) is 2. The fourth-order valence-electron chi connectivity index (χ4n) is 8.65. The molecule has 368 valence electrons. The number of rotatable bonds is 8. The first kappa shape index (κ1) is 56.7. The van der Waals surface area contributed by atoms with Crippen molar-refractivity contribution in [2.75, 3.05) is 0 Å². The number of H-pyrrole nitrogens is 2. The maximum atomic E-state index is 11.6. The van der Waals surface area contributed by atoms with Crippen molar-refractivity contribution >= 4 is 58.3 Å². The van der Waals surface area contributed by atoms with Crippen LogP contribution in [0.5, 0.6) is 5.75 Å². The summed E-state index contributed by atoms with van der Waals surface area (Å²) in [4.78, 5) is 41.3. The third-order valence-corrected chi connectivity index (χ3v) is 12.3. The first-order valence-electron chi connectivity index (χ1n) is 22.2. The van der Waals surface area contributed by atoms with Crippen LogP contribution >= 0.6 is 0 Å². The Bertz CT molecular complexity index is 3190. The van der Waals surface area contributed by atoms with Gasteiger partial charge in [0.1, 0.15) is 26.9 Å². The van der Waals surface area contributed by atoms with Gasteiger partial charge in [-0.2, -0.15) is 0 Å². The number of hydrogen-bond donors (Lipinski definition) is 6. The molecule has 0 radical (unpaired) electrons. The Balaban J connectivity index is 0.000000714. The number of ether oxygens (including phenoxy) is 1. The van der Waals surface area contributed by atoms with Crippen LogP contribution in [0.4, 0.5) is 0 Å². The number of pyridine rings is 3. The molecule has 0 saturated heterocycles. The molecule has 0 amide bonds. The van der Waals surface area contributed by atoms with Crippen molar-refractivity contribution in [3.63, 3.8) is 0 Å². The van der Waals surface area contributed by atoms with E-state index in [9.17, 15) is 19.8 Å². The zero-order valence-electron chi connectivity index (χ0n) is 38.9. The molecule has 0 unspecified atom stereocenters. The molecule has 0 spiro atoms. The van der Waals surface area contributed by atoms with Crippen LogP contribution in [0.15, 0.2) is 122 Å². The van der Waals surface area contributed by atoms with E-state index in [-0.39, 0.29) is 111 Å². The number of nitrogens with two attached hydrogens (primary N) is 2. The normalized spacial score (nSPS) is 14.4. The number of nitrogens with zero attached hydrogens (tertiary/aromatic N) is 5. The summed E-state index contributed by atoms with van der Waals surface area (Å²) in [7, 11) is 5.96. The average Bonchev–Trinajstić information content (AvgIpc) is 4.17. The molecule has 71 heavy (non-hydrogen) atoms. The predicted molar refractivity (Wildman–Crippen MR) is 258 cm³/mol. The van der Waals surface area contributed by atoms with Crippen LogP contribution in [0.25, 0.3) is 90.9 Å². The third kappa shape index (κ3) is 12.7. The van der Waals surface area contributed by atoms with Crippen molar-refractivity contribution in [2.24, 2.45) is 32.6 Å². The van der Waals surface area contributed by atoms with Gasteiger partial charge in [-0.1, -0.05) is 25.0 Å². The Kier molecular flexibility index (Phi) is 19.9. The second kappa shape index (κ2) is 25.0. The Labute approximate surface area is 476 Å². The van der Waals surface area contributed by atoms with E-state index in [1.807, 2.05) is 96.3 Å². The van der Waals surface area contributed by atoms with Crippen LogP contribution < -0.4 is 102 Å². The van der Waals surface area contributed by atoms with Gasteiger partial charge in [-0.15, -0.1) is 0 Å². The van der Waals surface area contributed by atoms with E-state index in [1.165, 1.54) is 12.8 Å². The van der Waals surface area contributed by atoms with Crippen LogP contribution in [0.3, 0.4) is 0 Å². The van der Waals surface area contributed by atoms with E-state index in [0.717, 1.165) is 96.5 Å². The number of carboxylic acids is 2. The summed E-state index contributed by atoms with van der Waals surface area (Å²) in [6, 6.07) is 27.9. The molecule has 1 aromatic carbocycles. The SMILES string of the molecule is C[n+]1ccc(-c2c3nc(c(-c4cc[n+](C)cc4)c4ccc([nH]4)c(-c4cc[n+](C)cc4)c4nc(c(-c5ccc(OC(C(=O)O)C(=O)O)cc5)c5ccc2[nH]5)C=C4)C=C3)cc1.N[C@H]1CCCC[C@@H]1N.[I-].[I-].[I-].[Pt+2]. The molecular weight excluding hydrogens is 1420 g/mol. The first-order chi connectivity index (χ1) is 32.4. The number of aliphatic carboxylic acids is 2. The number of carbonyl (C=O) groups is 2. The molecule has 1 fully saturated rings. The molecule has 1 aliphatic carbocycles. The minimum atomic E-state index is -2.05. The number of carboxylic acid groups (broad SMARTS) is 2. The Hall–Kier alpha value is -5.19. The monoisotopic (exact) mass is 1470 g/mol. The second-order valence-electron chi connectivity index (χ2n) is 17.1. The van der Waals surface area contributed by atoms with Crippen molar-refractivity contribution < 1.29 is 131 Å². The predicted octanol–water partition coefficient (Wildman–Crippen LogP) is -2.06. The molecule has 18 heteroatoms. The van der Waals surface area contributed by atoms with Crippen molar-refractivity contribution in [1.82, 2.24) is 19.9 Å². The molecular formula is C53H52I3N9O5Pt+2. The first-order valence-corrected chi connectivity index (χ1v) is 22.2. The Morgan fingerprint density at radius 2 is 0.803 bits per heavy atom. The van der Waals surface area contributed by atoms with Crippen molar-refractivity contribution in [3.05, 3.63) is 145 Å². The molecule has 3 aliphatic rings. The van der Waals surface area contributed by atoms with Gasteiger partial charge in [0.2, 0.25) is 0 Å². The van der Waals surface area contributed by atoms with Crippen molar-refractivity contribution in [1.29, 1.82) is 0 Å². The zero-order chi connectivity index (χ0) is 46.8. The van der Waals surface area contributed by atoms with Gasteiger partial charge in [0.15, 0.2) is 37.2 Å². The smallest absolute Gasteiger partial charge is 1.00 e. The van der Waals surface area contributed by atoms with E-state index >= 15 is 0 Å². The van der Waals surface area contributed by atoms with Crippen molar-refractivity contribution in [3.8, 4) is 50.3 Å². The maximum absolute atomic E-state index is 11.6. The number of benzene rings is 1. The molecule has 8 heterocycles. The fraction of sp³-hybridized carbons (Fsp3) is 0.189. The van der Waals surface area contributed by atoms with Gasteiger partial charge in [-0.25, -0.2) is 33.3 Å². The number of halogens is 3. The van der Waals surface area contributed by atoms with Gasteiger partial charge in [0.25, 0.3) is 6.10 Å². The number of hydrogen-bond acceptors (Lipinski definition) is 7. The standard InChI is InChI=1S/C47H35N7O5.C6H14N2.3HI.Pt/c1-52-22-16-29(17-23-52)42-35-10-8-33(48-35)41(28-4-6-32(7-5-28)59-45(46(55)56)47(57)58)34-9-11-36(49-34)43(30-18-24-53(2)25-19-30)38-13-15-40(51-38)44(39-14-12-37(42)50-39)31-20-26-54(3)27-21-31;7-5-3-1-2-4-6(5)8;;;;/h4-27,45H,1-3H3,(H-2,48,49,50,51,55,56,57,58);5-6H,1-4,7-8H2;3*1H;/q;;;;;+2/t;5-,6-;;;;/m.0..../s1. The van der Waals surface area contributed by atoms with E-state index in [2.05, 4.69) is 70.7 Å². The van der Waals surface area contributed by atoms with E-state index in [1.54, 1.807) is 24.3 Å². The number of fused-ring (bicyclic) bond motifs is 8. The summed E-state index contributed by atoms with van der Waals surface area (Å²) in [6.45, 7) is 0. The van der Waals surface area contributed by atoms with Gasteiger partial charge >= 0.3 is 33.0 Å². The quantitative estimate of drug-likeness (QED) is 0.0562. The third-order valence-electron chi connectivity index (χ3n) is 12.3. The molecule has 8 N–H and O–H groups in total. The van der Waals surface area contributed by atoms with E-state index < -0.39 is 18.0 Å². The van der Waals surface area contributed by atoms with Crippen LogP contribution in [0.2, 0.25) is 0 Å². The topological polar surface area (TPSA) is 205 Å². The van der Waals surface area contributed by atoms with Crippen LogP contribution in [-0.4, -0.2) is 60.3 Å². The van der Waals surface area contributed by atoms with Crippen molar-refractivity contribution in [2.45, 2.75) is 43.9 Å². The molecule has 7 aromatic rings. The molecule has 2 aliphatic heterocycles. The van der Waals surface area contributed by atoms with Crippen LogP contribution in [0.1, 0.15) is 48.5 Å². The summed E-state index contributed by atoms with van der Waals surface area (Å²) >= 11 is 0. The van der Waals surface area contributed by atoms with Gasteiger partial charge in [-0.3, -0.25) is 0 Å². The summed E-state index contributed by atoms with van der Waals surface area (Å²) in [5.74, 6) is -3.09. The minimum Gasteiger partial charge on any atom is -1.00 e.